The zero-order valence-corrected chi connectivity index (χ0v) is 12.4. The van der Waals surface area contributed by atoms with Crippen LogP contribution >= 0.6 is 23.5 Å². The van der Waals surface area contributed by atoms with Gasteiger partial charge < -0.3 is 15.8 Å². The van der Waals surface area contributed by atoms with Gasteiger partial charge in [0.25, 0.3) is 0 Å². The molecule has 1 unspecified atom stereocenters. The van der Waals surface area contributed by atoms with Crippen molar-refractivity contribution in [1.82, 2.24) is 4.98 Å². The number of carbonyl (C=O) groups is 1. The molecule has 1 atom stereocenters. The van der Waals surface area contributed by atoms with E-state index >= 15 is 0 Å². The Bertz CT molecular complexity index is 451. The molecule has 1 aliphatic heterocycles. The van der Waals surface area contributed by atoms with E-state index in [0.717, 1.165) is 12.3 Å². The van der Waals surface area contributed by atoms with Crippen molar-refractivity contribution in [1.29, 1.82) is 0 Å². The number of nitrogens with two attached hydrogens (primary N) is 1. The summed E-state index contributed by atoms with van der Waals surface area (Å²) < 4.78 is 4.68. The van der Waals surface area contributed by atoms with Gasteiger partial charge in [-0.3, -0.25) is 0 Å². The summed E-state index contributed by atoms with van der Waals surface area (Å²) >= 11 is 3.95. The third-order valence-electron chi connectivity index (χ3n) is 2.74. The van der Waals surface area contributed by atoms with Crippen molar-refractivity contribution in [2.45, 2.75) is 5.25 Å². The first-order chi connectivity index (χ1) is 9.20. The molecule has 0 amide bonds. The third kappa shape index (κ3) is 3.94. The Labute approximate surface area is 121 Å². The van der Waals surface area contributed by atoms with E-state index in [9.17, 15) is 4.79 Å². The summed E-state index contributed by atoms with van der Waals surface area (Å²) in [4.78, 5) is 15.7. The average molecular weight is 299 g/mol. The molecule has 1 aliphatic rings. The number of hydrogen-bond acceptors (Lipinski definition) is 7. The molecule has 104 valence electrons. The zero-order valence-electron chi connectivity index (χ0n) is 10.7. The molecule has 7 heteroatoms. The van der Waals surface area contributed by atoms with Crippen molar-refractivity contribution in [2.24, 2.45) is 0 Å². The van der Waals surface area contributed by atoms with Crippen LogP contribution in [-0.4, -0.2) is 47.1 Å². The van der Waals surface area contributed by atoms with Crippen LogP contribution in [0.3, 0.4) is 0 Å². The van der Waals surface area contributed by atoms with Crippen molar-refractivity contribution in [3.8, 4) is 0 Å². The highest BCUT2D eigenvalue weighted by molar-refractivity contribution is 8.06. The molecule has 1 saturated heterocycles. The van der Waals surface area contributed by atoms with Crippen molar-refractivity contribution >= 4 is 41.0 Å². The van der Waals surface area contributed by atoms with Gasteiger partial charge in [0.05, 0.1) is 24.6 Å². The number of carbonyl (C=O) groups excluding carboxylic acids is 1. The SMILES string of the molecule is COC(=O)c1cc(NCC2CSCCS2)ncc1N. The summed E-state index contributed by atoms with van der Waals surface area (Å²) in [7, 11) is 1.34. The molecule has 19 heavy (non-hydrogen) atoms. The largest absolute Gasteiger partial charge is 0.465 e. The molecule has 0 saturated carbocycles. The number of nitrogens with one attached hydrogen (secondary N) is 1. The normalized spacial score (nSPS) is 18.9. The monoisotopic (exact) mass is 299 g/mol. The van der Waals surface area contributed by atoms with E-state index in [1.807, 2.05) is 23.5 Å². The second-order valence-electron chi connectivity index (χ2n) is 4.10. The fraction of sp³-hybridized carbons (Fsp3) is 0.500. The standard InChI is InChI=1S/C12H17N3O2S2/c1-17-12(16)9-4-11(15-6-10(9)13)14-5-8-7-18-2-3-19-8/h4,6,8H,2-3,5,7,13H2,1H3,(H,14,15). The van der Waals surface area contributed by atoms with Gasteiger partial charge in [-0.2, -0.15) is 23.5 Å². The second kappa shape index (κ2) is 6.91. The van der Waals surface area contributed by atoms with E-state index in [1.165, 1.54) is 24.8 Å². The molecule has 0 spiro atoms. The predicted octanol–water partition coefficient (Wildman–Crippen LogP) is 1.71. The molecule has 0 aromatic carbocycles. The van der Waals surface area contributed by atoms with Gasteiger partial charge in [0.2, 0.25) is 0 Å². The highest BCUT2D eigenvalue weighted by Gasteiger charge is 2.15. The lowest BCUT2D eigenvalue weighted by Crippen LogP contribution is -2.23. The smallest absolute Gasteiger partial charge is 0.340 e. The number of aromatic nitrogens is 1. The van der Waals surface area contributed by atoms with Crippen molar-refractivity contribution < 1.29 is 9.53 Å². The van der Waals surface area contributed by atoms with E-state index in [1.54, 1.807) is 6.07 Å². The number of ether oxygens (including phenoxy) is 1. The molecular formula is C12H17N3O2S2. The molecule has 1 aromatic heterocycles. The van der Waals surface area contributed by atoms with E-state index in [2.05, 4.69) is 15.0 Å². The van der Waals surface area contributed by atoms with Gasteiger partial charge in [0.1, 0.15) is 5.82 Å². The lowest BCUT2D eigenvalue weighted by Gasteiger charge is -2.21. The summed E-state index contributed by atoms with van der Waals surface area (Å²) in [6.45, 7) is 0.842. The van der Waals surface area contributed by atoms with Crippen LogP contribution in [-0.2, 0) is 4.74 Å². The molecule has 5 nitrogen and oxygen atoms in total. The number of pyridine rings is 1. The quantitative estimate of drug-likeness (QED) is 0.819. The van der Waals surface area contributed by atoms with Crippen LogP contribution in [0.2, 0.25) is 0 Å². The Morgan fingerprint density at radius 2 is 2.47 bits per heavy atom. The van der Waals surface area contributed by atoms with Gasteiger partial charge in [-0.05, 0) is 6.07 Å². The minimum Gasteiger partial charge on any atom is -0.465 e. The Balaban J connectivity index is 1.98. The Kier molecular flexibility index (Phi) is 5.21. The van der Waals surface area contributed by atoms with Crippen LogP contribution in [0.25, 0.3) is 0 Å². The number of esters is 1. The summed E-state index contributed by atoms with van der Waals surface area (Å²) in [5.41, 5.74) is 6.39. The van der Waals surface area contributed by atoms with E-state index < -0.39 is 5.97 Å². The van der Waals surface area contributed by atoms with Crippen molar-refractivity contribution in [2.75, 3.05) is 42.0 Å². The van der Waals surface area contributed by atoms with Crippen LogP contribution in [0.1, 0.15) is 10.4 Å². The van der Waals surface area contributed by atoms with Crippen LogP contribution in [0.5, 0.6) is 0 Å². The molecule has 0 radical (unpaired) electrons. The van der Waals surface area contributed by atoms with Crippen LogP contribution < -0.4 is 11.1 Å². The maximum absolute atomic E-state index is 11.5. The molecule has 3 N–H and O–H groups in total. The number of anilines is 2. The minimum absolute atomic E-state index is 0.333. The van der Waals surface area contributed by atoms with E-state index in [0.29, 0.717) is 22.3 Å². The van der Waals surface area contributed by atoms with Gasteiger partial charge in [0, 0.05) is 29.1 Å². The number of hydrogen-bond donors (Lipinski definition) is 2. The Morgan fingerprint density at radius 3 is 3.16 bits per heavy atom. The minimum atomic E-state index is -0.439. The number of nitrogen functional groups attached to an aromatic ring is 1. The van der Waals surface area contributed by atoms with Gasteiger partial charge in [-0.15, -0.1) is 0 Å². The number of rotatable bonds is 4. The maximum Gasteiger partial charge on any atom is 0.340 e. The third-order valence-corrected chi connectivity index (χ3v) is 5.58. The number of thioether (sulfide) groups is 2. The summed E-state index contributed by atoms with van der Waals surface area (Å²) in [6, 6.07) is 1.64. The highest BCUT2D eigenvalue weighted by atomic mass is 32.2. The summed E-state index contributed by atoms with van der Waals surface area (Å²) in [5.74, 6) is 3.79. The summed E-state index contributed by atoms with van der Waals surface area (Å²) in [5, 5.41) is 3.84. The number of nitrogens with zero attached hydrogens (tertiary/aromatic N) is 1. The molecule has 1 fully saturated rings. The molecular weight excluding hydrogens is 282 g/mol. The topological polar surface area (TPSA) is 77.2 Å². The van der Waals surface area contributed by atoms with Crippen molar-refractivity contribution in [3.05, 3.63) is 17.8 Å². The first-order valence-electron chi connectivity index (χ1n) is 5.97. The average Bonchev–Trinajstić information content (AvgIpc) is 2.46. The van der Waals surface area contributed by atoms with E-state index in [-0.39, 0.29) is 0 Å². The van der Waals surface area contributed by atoms with Crippen LogP contribution in [0.4, 0.5) is 11.5 Å². The van der Waals surface area contributed by atoms with E-state index in [4.69, 9.17) is 5.73 Å². The highest BCUT2D eigenvalue weighted by Crippen LogP contribution is 2.24. The maximum atomic E-state index is 11.5. The Hall–Kier alpha value is -1.08. The molecule has 0 bridgehead atoms. The Morgan fingerprint density at radius 1 is 1.63 bits per heavy atom. The van der Waals surface area contributed by atoms with Gasteiger partial charge in [0.15, 0.2) is 0 Å². The van der Waals surface area contributed by atoms with Crippen LogP contribution in [0.15, 0.2) is 12.3 Å². The van der Waals surface area contributed by atoms with Gasteiger partial charge >= 0.3 is 5.97 Å². The molecule has 1 aromatic rings. The fourth-order valence-corrected chi connectivity index (χ4v) is 4.33. The lowest BCUT2D eigenvalue weighted by atomic mass is 10.2. The second-order valence-corrected chi connectivity index (χ2v) is 6.66. The van der Waals surface area contributed by atoms with Crippen LogP contribution in [0, 0.1) is 0 Å². The number of methoxy groups -OCH3 is 1. The first kappa shape index (κ1) is 14.3. The van der Waals surface area contributed by atoms with Crippen molar-refractivity contribution in [3.63, 3.8) is 0 Å². The molecule has 2 heterocycles. The first-order valence-corrected chi connectivity index (χ1v) is 8.18. The molecule has 0 aliphatic carbocycles. The fourth-order valence-electron chi connectivity index (χ4n) is 1.72. The predicted molar refractivity (Wildman–Crippen MR) is 82.0 cm³/mol. The van der Waals surface area contributed by atoms with Gasteiger partial charge in [-0.25, -0.2) is 9.78 Å². The summed E-state index contributed by atoms with van der Waals surface area (Å²) in [6.07, 6.45) is 1.48. The molecule has 2 rings (SSSR count). The van der Waals surface area contributed by atoms with Gasteiger partial charge in [-0.1, -0.05) is 0 Å². The lowest BCUT2D eigenvalue weighted by molar-refractivity contribution is 0.0602. The zero-order chi connectivity index (χ0) is 13.7.